The van der Waals surface area contributed by atoms with Crippen molar-refractivity contribution < 1.29 is 23.1 Å². The van der Waals surface area contributed by atoms with Crippen molar-refractivity contribution in [1.29, 1.82) is 0 Å². The van der Waals surface area contributed by atoms with Gasteiger partial charge in [0.2, 0.25) is 0 Å². The van der Waals surface area contributed by atoms with Crippen molar-refractivity contribution >= 4 is 16.0 Å². The third-order valence-electron chi connectivity index (χ3n) is 3.57. The van der Waals surface area contributed by atoms with E-state index in [0.717, 1.165) is 4.31 Å². The number of aliphatic hydroxyl groups is 1. The second kappa shape index (κ2) is 5.74. The molecule has 2 rings (SSSR count). The highest BCUT2D eigenvalue weighted by molar-refractivity contribution is 7.89. The fourth-order valence-corrected chi connectivity index (χ4v) is 4.07. The largest absolute Gasteiger partial charge is 0.468 e. The van der Waals surface area contributed by atoms with Gasteiger partial charge in [0.1, 0.15) is 11.9 Å². The maximum absolute atomic E-state index is 12.6. The molecule has 2 atom stereocenters. The smallest absolute Gasteiger partial charge is 0.324 e. The van der Waals surface area contributed by atoms with E-state index in [0.29, 0.717) is 12.4 Å². The maximum atomic E-state index is 12.6. The summed E-state index contributed by atoms with van der Waals surface area (Å²) < 4.78 is 32.5. The number of carbonyl (C=O) groups is 1. The number of rotatable bonds is 4. The number of β-amino-alcohol motifs (C(OH)–C–C–N with tert-alkyl or cyclic N) is 1. The molecule has 0 amide bonds. The van der Waals surface area contributed by atoms with Crippen molar-refractivity contribution in [3.63, 3.8) is 0 Å². The number of aromatic nitrogens is 2. The van der Waals surface area contributed by atoms with Gasteiger partial charge in [0.15, 0.2) is 5.03 Å². The number of hydrogen-bond donors (Lipinski definition) is 1. The van der Waals surface area contributed by atoms with Gasteiger partial charge in [0.05, 0.1) is 13.2 Å². The van der Waals surface area contributed by atoms with Crippen molar-refractivity contribution in [2.75, 3.05) is 13.7 Å². The van der Waals surface area contributed by atoms with Crippen LogP contribution in [0.2, 0.25) is 0 Å². The van der Waals surface area contributed by atoms with Crippen LogP contribution in [0, 0.1) is 6.92 Å². The monoisotopic (exact) mass is 317 g/mol. The summed E-state index contributed by atoms with van der Waals surface area (Å²) in [5, 5.41) is 9.57. The van der Waals surface area contributed by atoms with Crippen LogP contribution in [-0.2, 0) is 26.1 Å². The lowest BCUT2D eigenvalue weighted by Crippen LogP contribution is -2.41. The maximum Gasteiger partial charge on any atom is 0.324 e. The molecule has 1 aliphatic rings. The van der Waals surface area contributed by atoms with Crippen LogP contribution in [0.3, 0.4) is 0 Å². The number of aryl methyl sites for hydroxylation is 2. The fraction of sp³-hybridized carbons (Fsp3) is 0.667. The summed E-state index contributed by atoms with van der Waals surface area (Å²) in [6, 6.07) is -1.01. The van der Waals surface area contributed by atoms with E-state index < -0.39 is 28.1 Å². The first kappa shape index (κ1) is 15.9. The molecule has 0 bridgehead atoms. The van der Waals surface area contributed by atoms with Crippen LogP contribution in [0.25, 0.3) is 0 Å². The highest BCUT2D eigenvalue weighted by atomic mass is 32.2. The lowest BCUT2D eigenvalue weighted by atomic mass is 10.2. The molecule has 9 heteroatoms. The lowest BCUT2D eigenvalue weighted by molar-refractivity contribution is -0.144. The average Bonchev–Trinajstić information content (AvgIpc) is 3.01. The minimum absolute atomic E-state index is 0.0272. The van der Waals surface area contributed by atoms with E-state index in [-0.39, 0.29) is 18.0 Å². The van der Waals surface area contributed by atoms with Crippen LogP contribution in [0.5, 0.6) is 0 Å². The summed E-state index contributed by atoms with van der Waals surface area (Å²) in [6.07, 6.45) is 0.571. The highest BCUT2D eigenvalue weighted by Gasteiger charge is 2.45. The molecule has 1 aromatic heterocycles. The van der Waals surface area contributed by atoms with E-state index in [2.05, 4.69) is 9.72 Å². The second-order valence-corrected chi connectivity index (χ2v) is 6.75. The zero-order chi connectivity index (χ0) is 15.8. The Hall–Kier alpha value is -1.45. The van der Waals surface area contributed by atoms with E-state index in [1.54, 1.807) is 11.5 Å². The molecule has 1 fully saturated rings. The van der Waals surface area contributed by atoms with Gasteiger partial charge in [-0.1, -0.05) is 0 Å². The van der Waals surface area contributed by atoms with Gasteiger partial charge in [0.25, 0.3) is 10.0 Å². The van der Waals surface area contributed by atoms with Gasteiger partial charge < -0.3 is 14.4 Å². The topological polar surface area (TPSA) is 102 Å². The predicted molar refractivity (Wildman–Crippen MR) is 73.0 cm³/mol. The van der Waals surface area contributed by atoms with E-state index in [4.69, 9.17) is 0 Å². The average molecular weight is 317 g/mol. The number of ether oxygens (including phenoxy) is 1. The molecule has 8 nitrogen and oxygen atoms in total. The fourth-order valence-electron chi connectivity index (χ4n) is 2.44. The number of sulfonamides is 1. The number of methoxy groups -OCH3 is 1. The van der Waals surface area contributed by atoms with E-state index >= 15 is 0 Å². The molecule has 2 heterocycles. The van der Waals surface area contributed by atoms with E-state index in [1.807, 2.05) is 6.92 Å². The summed E-state index contributed by atoms with van der Waals surface area (Å²) in [4.78, 5) is 15.8. The molecule has 0 saturated carbocycles. The summed E-state index contributed by atoms with van der Waals surface area (Å²) in [5.41, 5.74) is 0. The Labute approximate surface area is 123 Å². The van der Waals surface area contributed by atoms with Crippen molar-refractivity contribution in [2.24, 2.45) is 0 Å². The van der Waals surface area contributed by atoms with Gasteiger partial charge >= 0.3 is 5.97 Å². The number of imidazole rings is 1. The van der Waals surface area contributed by atoms with Crippen LogP contribution in [-0.4, -0.2) is 59.2 Å². The first-order valence-corrected chi connectivity index (χ1v) is 8.06. The molecule has 0 radical (unpaired) electrons. The molecule has 1 N–H and O–H groups in total. The summed E-state index contributed by atoms with van der Waals surface area (Å²) in [7, 11) is -2.76. The SMILES string of the molecule is CCn1cc(S(=O)(=O)N2CC(O)CC2C(=O)OC)nc1C. The predicted octanol–water partition coefficient (Wildman–Crippen LogP) is -0.492. The van der Waals surface area contributed by atoms with Crippen molar-refractivity contribution in [3.05, 3.63) is 12.0 Å². The van der Waals surface area contributed by atoms with E-state index in [9.17, 15) is 18.3 Å². The summed E-state index contributed by atoms with van der Waals surface area (Å²) >= 11 is 0. The van der Waals surface area contributed by atoms with E-state index in [1.165, 1.54) is 13.3 Å². The molecule has 2 unspecified atom stereocenters. The van der Waals surface area contributed by atoms with Crippen LogP contribution < -0.4 is 0 Å². The van der Waals surface area contributed by atoms with Gasteiger partial charge in [0, 0.05) is 25.7 Å². The molecule has 0 spiro atoms. The Balaban J connectivity index is 2.39. The highest BCUT2D eigenvalue weighted by Crippen LogP contribution is 2.26. The van der Waals surface area contributed by atoms with Gasteiger partial charge in [-0.25, -0.2) is 13.4 Å². The van der Waals surface area contributed by atoms with Crippen LogP contribution in [0.4, 0.5) is 0 Å². The number of nitrogens with zero attached hydrogens (tertiary/aromatic N) is 3. The van der Waals surface area contributed by atoms with Crippen molar-refractivity contribution in [3.8, 4) is 0 Å². The minimum Gasteiger partial charge on any atom is -0.468 e. The second-order valence-electron chi connectivity index (χ2n) is 4.92. The molecular formula is C12H19N3O5S. The van der Waals surface area contributed by atoms with Gasteiger partial charge in [-0.15, -0.1) is 0 Å². The molecular weight excluding hydrogens is 298 g/mol. The number of hydrogen-bond acceptors (Lipinski definition) is 6. The third kappa shape index (κ3) is 2.81. The molecule has 1 aliphatic heterocycles. The van der Waals surface area contributed by atoms with Crippen LogP contribution in [0.1, 0.15) is 19.2 Å². The van der Waals surface area contributed by atoms with Crippen molar-refractivity contribution in [2.45, 2.75) is 44.0 Å². The van der Waals surface area contributed by atoms with Crippen LogP contribution >= 0.6 is 0 Å². The molecule has 1 saturated heterocycles. The lowest BCUT2D eigenvalue weighted by Gasteiger charge is -2.20. The zero-order valence-electron chi connectivity index (χ0n) is 12.2. The molecule has 21 heavy (non-hydrogen) atoms. The molecule has 118 valence electrons. The van der Waals surface area contributed by atoms with Crippen LogP contribution in [0.15, 0.2) is 11.2 Å². The molecule has 1 aromatic rings. The molecule has 0 aromatic carbocycles. The first-order valence-electron chi connectivity index (χ1n) is 6.62. The first-order chi connectivity index (χ1) is 9.81. The Kier molecular flexibility index (Phi) is 4.35. The normalized spacial score (nSPS) is 23.4. The third-order valence-corrected chi connectivity index (χ3v) is 5.32. The Morgan fingerprint density at radius 2 is 2.24 bits per heavy atom. The van der Waals surface area contributed by atoms with Gasteiger partial charge in [-0.3, -0.25) is 4.79 Å². The minimum atomic E-state index is -3.95. The Morgan fingerprint density at radius 1 is 1.57 bits per heavy atom. The Bertz CT molecular complexity index is 639. The quantitative estimate of drug-likeness (QED) is 0.752. The van der Waals surface area contributed by atoms with Gasteiger partial charge in [-0.05, 0) is 13.8 Å². The Morgan fingerprint density at radius 3 is 2.76 bits per heavy atom. The zero-order valence-corrected chi connectivity index (χ0v) is 13.0. The summed E-state index contributed by atoms with van der Waals surface area (Å²) in [6.45, 7) is 4.04. The van der Waals surface area contributed by atoms with Crippen molar-refractivity contribution in [1.82, 2.24) is 13.9 Å². The number of aliphatic hydroxyl groups excluding tert-OH is 1. The number of esters is 1. The standard InChI is InChI=1S/C12H19N3O5S/c1-4-14-7-11(13-8(14)2)21(18,19)15-6-9(16)5-10(15)12(17)20-3/h7,9-10,16H,4-6H2,1-3H3. The van der Waals surface area contributed by atoms with Gasteiger partial charge in [-0.2, -0.15) is 4.31 Å². The summed E-state index contributed by atoms with van der Waals surface area (Å²) in [5.74, 6) is -0.104. The molecule has 0 aliphatic carbocycles. The number of carbonyl (C=O) groups excluding carboxylic acids is 1.